The molecule has 0 radical (unpaired) electrons. The smallest absolute Gasteiger partial charge is 0.255 e. The van der Waals surface area contributed by atoms with Crippen LogP contribution in [-0.2, 0) is 16.1 Å². The van der Waals surface area contributed by atoms with Crippen molar-refractivity contribution in [1.82, 2.24) is 9.55 Å². The number of nitrogens with zero attached hydrogens (tertiary/aromatic N) is 3. The van der Waals surface area contributed by atoms with Crippen molar-refractivity contribution < 1.29 is 9.59 Å². The summed E-state index contributed by atoms with van der Waals surface area (Å²) in [6.07, 6.45) is 0.499. The Labute approximate surface area is 144 Å². The number of hydrogen-bond acceptors (Lipinski definition) is 4. The predicted octanol–water partition coefficient (Wildman–Crippen LogP) is 1.41. The Morgan fingerprint density at radius 3 is 2.92 bits per heavy atom. The van der Waals surface area contributed by atoms with E-state index in [-0.39, 0.29) is 36.1 Å². The Bertz CT molecular complexity index is 934. The fraction of sp³-hybridized carbons (Fsp3) is 0.333. The summed E-state index contributed by atoms with van der Waals surface area (Å²) < 4.78 is 1.52. The number of aryl methyl sites for hydroxylation is 1. The SMILES string of the molecule is Cc1cc(=O)n2c(n1)N(C(=O)CC1CC(=O)Nc3ccccc31)CC2. The number of carbonyl (C=O) groups is 2. The van der Waals surface area contributed by atoms with Gasteiger partial charge in [-0.1, -0.05) is 18.2 Å². The van der Waals surface area contributed by atoms with Gasteiger partial charge in [-0.2, -0.15) is 0 Å². The fourth-order valence-corrected chi connectivity index (χ4v) is 3.56. The molecular formula is C18H18N4O3. The second-order valence-corrected chi connectivity index (χ2v) is 6.47. The van der Waals surface area contributed by atoms with Crippen LogP contribution in [0.15, 0.2) is 35.1 Å². The molecule has 0 spiro atoms. The van der Waals surface area contributed by atoms with Crippen molar-refractivity contribution in [3.05, 3.63) is 51.9 Å². The van der Waals surface area contributed by atoms with E-state index in [0.717, 1.165) is 11.3 Å². The Kier molecular flexibility index (Phi) is 3.63. The van der Waals surface area contributed by atoms with Crippen LogP contribution in [0.4, 0.5) is 11.6 Å². The topological polar surface area (TPSA) is 84.3 Å². The second-order valence-electron chi connectivity index (χ2n) is 6.47. The highest BCUT2D eigenvalue weighted by molar-refractivity contribution is 5.97. The van der Waals surface area contributed by atoms with Crippen molar-refractivity contribution >= 4 is 23.5 Å². The highest BCUT2D eigenvalue weighted by atomic mass is 16.2. The molecule has 2 aliphatic rings. The summed E-state index contributed by atoms with van der Waals surface area (Å²) in [7, 11) is 0. The number of anilines is 2. The highest BCUT2D eigenvalue weighted by Gasteiger charge is 2.32. The molecule has 0 bridgehead atoms. The van der Waals surface area contributed by atoms with Crippen molar-refractivity contribution in [1.29, 1.82) is 0 Å². The monoisotopic (exact) mass is 338 g/mol. The number of hydrogen-bond donors (Lipinski definition) is 1. The summed E-state index contributed by atoms with van der Waals surface area (Å²) in [5, 5.41) is 2.84. The maximum Gasteiger partial charge on any atom is 0.255 e. The van der Waals surface area contributed by atoms with E-state index in [4.69, 9.17) is 0 Å². The van der Waals surface area contributed by atoms with Crippen LogP contribution in [0.25, 0.3) is 0 Å². The van der Waals surface area contributed by atoms with E-state index in [2.05, 4.69) is 10.3 Å². The van der Waals surface area contributed by atoms with E-state index in [9.17, 15) is 14.4 Å². The number of para-hydroxylation sites is 1. The molecule has 0 saturated heterocycles. The number of nitrogens with one attached hydrogen (secondary N) is 1. The normalized spacial score (nSPS) is 18.5. The van der Waals surface area contributed by atoms with Gasteiger partial charge in [0, 0.05) is 49.3 Å². The minimum atomic E-state index is -0.164. The zero-order chi connectivity index (χ0) is 17.6. The van der Waals surface area contributed by atoms with E-state index in [1.165, 1.54) is 10.6 Å². The Morgan fingerprint density at radius 2 is 2.08 bits per heavy atom. The zero-order valence-corrected chi connectivity index (χ0v) is 13.9. The molecule has 2 amide bonds. The quantitative estimate of drug-likeness (QED) is 0.897. The molecule has 0 saturated carbocycles. The second kappa shape index (κ2) is 5.84. The van der Waals surface area contributed by atoms with Crippen molar-refractivity contribution in [3.8, 4) is 0 Å². The average Bonchev–Trinajstić information content (AvgIpc) is 2.98. The molecule has 0 aliphatic carbocycles. The first-order valence-electron chi connectivity index (χ1n) is 8.30. The molecule has 1 unspecified atom stereocenters. The van der Waals surface area contributed by atoms with Gasteiger partial charge in [0.05, 0.1) is 0 Å². The van der Waals surface area contributed by atoms with Crippen LogP contribution in [-0.4, -0.2) is 27.9 Å². The first-order chi connectivity index (χ1) is 12.0. The minimum Gasteiger partial charge on any atom is -0.326 e. The molecule has 1 aromatic heterocycles. The minimum absolute atomic E-state index is 0.0801. The van der Waals surface area contributed by atoms with E-state index < -0.39 is 0 Å². The Morgan fingerprint density at radius 1 is 1.28 bits per heavy atom. The van der Waals surface area contributed by atoms with Crippen LogP contribution in [0.2, 0.25) is 0 Å². The third kappa shape index (κ3) is 2.71. The van der Waals surface area contributed by atoms with Gasteiger partial charge in [-0.3, -0.25) is 23.9 Å². The lowest BCUT2D eigenvalue weighted by molar-refractivity contribution is -0.119. The maximum atomic E-state index is 12.9. The number of rotatable bonds is 2. The molecule has 1 aromatic carbocycles. The fourth-order valence-electron chi connectivity index (χ4n) is 3.56. The van der Waals surface area contributed by atoms with Crippen LogP contribution in [0, 0.1) is 6.92 Å². The van der Waals surface area contributed by atoms with E-state index in [1.807, 2.05) is 24.3 Å². The molecule has 25 heavy (non-hydrogen) atoms. The number of benzene rings is 1. The van der Waals surface area contributed by atoms with Crippen LogP contribution < -0.4 is 15.8 Å². The van der Waals surface area contributed by atoms with Crippen molar-refractivity contribution in [2.45, 2.75) is 32.2 Å². The van der Waals surface area contributed by atoms with Crippen molar-refractivity contribution in [2.24, 2.45) is 0 Å². The van der Waals surface area contributed by atoms with E-state index in [1.54, 1.807) is 11.8 Å². The summed E-state index contributed by atoms with van der Waals surface area (Å²) in [5.41, 5.74) is 2.20. The lowest BCUT2D eigenvalue weighted by Gasteiger charge is -2.26. The van der Waals surface area contributed by atoms with Gasteiger partial charge in [-0.25, -0.2) is 4.98 Å². The molecule has 4 rings (SSSR count). The van der Waals surface area contributed by atoms with Crippen molar-refractivity contribution in [2.75, 3.05) is 16.8 Å². The van der Waals surface area contributed by atoms with Gasteiger partial charge in [-0.05, 0) is 18.6 Å². The van der Waals surface area contributed by atoms with Crippen LogP contribution >= 0.6 is 0 Å². The summed E-state index contributed by atoms with van der Waals surface area (Å²) in [6, 6.07) is 9.03. The third-order valence-corrected chi connectivity index (χ3v) is 4.73. The number of carbonyl (C=O) groups excluding carboxylic acids is 2. The van der Waals surface area contributed by atoms with Gasteiger partial charge in [0.2, 0.25) is 17.8 Å². The largest absolute Gasteiger partial charge is 0.326 e. The van der Waals surface area contributed by atoms with Gasteiger partial charge in [0.1, 0.15) is 0 Å². The summed E-state index contributed by atoms with van der Waals surface area (Å²) >= 11 is 0. The maximum absolute atomic E-state index is 12.9. The van der Waals surface area contributed by atoms with E-state index in [0.29, 0.717) is 24.7 Å². The van der Waals surface area contributed by atoms with Crippen molar-refractivity contribution in [3.63, 3.8) is 0 Å². The number of aromatic nitrogens is 2. The predicted molar refractivity (Wildman–Crippen MR) is 92.6 cm³/mol. The molecular weight excluding hydrogens is 320 g/mol. The molecule has 2 aliphatic heterocycles. The molecule has 128 valence electrons. The third-order valence-electron chi connectivity index (χ3n) is 4.73. The Balaban J connectivity index is 1.61. The van der Waals surface area contributed by atoms with Crippen LogP contribution in [0.1, 0.15) is 30.0 Å². The first-order valence-corrected chi connectivity index (χ1v) is 8.30. The van der Waals surface area contributed by atoms with Gasteiger partial charge >= 0.3 is 0 Å². The number of fused-ring (bicyclic) bond motifs is 2. The average molecular weight is 338 g/mol. The van der Waals surface area contributed by atoms with Gasteiger partial charge in [0.15, 0.2) is 0 Å². The molecule has 3 heterocycles. The van der Waals surface area contributed by atoms with Gasteiger partial charge in [0.25, 0.3) is 5.56 Å². The molecule has 1 N–H and O–H groups in total. The molecule has 0 fully saturated rings. The lowest BCUT2D eigenvalue weighted by atomic mass is 9.87. The molecule has 1 atom stereocenters. The lowest BCUT2D eigenvalue weighted by Crippen LogP contribution is -2.33. The standard InChI is InChI=1S/C18H18N4O3/c1-11-8-16(24)21-6-7-22(18(21)19-11)17(25)10-12-9-15(23)20-14-5-3-2-4-13(12)14/h2-5,8,12H,6-7,9-10H2,1H3,(H,20,23). The van der Waals surface area contributed by atoms with Gasteiger partial charge in [-0.15, -0.1) is 0 Å². The Hall–Kier alpha value is -2.96. The number of amides is 2. The van der Waals surface area contributed by atoms with Crippen LogP contribution in [0.5, 0.6) is 0 Å². The molecule has 7 nitrogen and oxygen atoms in total. The summed E-state index contributed by atoms with van der Waals surface area (Å²) in [4.78, 5) is 42.7. The van der Waals surface area contributed by atoms with E-state index >= 15 is 0 Å². The highest BCUT2D eigenvalue weighted by Crippen LogP contribution is 2.35. The zero-order valence-electron chi connectivity index (χ0n) is 13.9. The molecule has 7 heteroatoms. The first kappa shape index (κ1) is 15.6. The van der Waals surface area contributed by atoms with Crippen LogP contribution in [0.3, 0.4) is 0 Å². The summed E-state index contributed by atoms with van der Waals surface area (Å²) in [5.74, 6) is 0.0494. The van der Waals surface area contributed by atoms with Gasteiger partial charge < -0.3 is 5.32 Å². The summed E-state index contributed by atoms with van der Waals surface area (Å²) in [6.45, 7) is 2.63. The molecule has 2 aromatic rings.